The van der Waals surface area contributed by atoms with Crippen LogP contribution in [0.4, 0.5) is 0 Å². The molecule has 2 N–H and O–H groups in total. The van der Waals surface area contributed by atoms with E-state index in [0.717, 1.165) is 70.8 Å². The zero-order valence-electron chi connectivity index (χ0n) is 20.5. The van der Waals surface area contributed by atoms with Gasteiger partial charge in [-0.3, -0.25) is 9.59 Å². The van der Waals surface area contributed by atoms with E-state index in [1.807, 2.05) is 6.08 Å². The maximum atomic E-state index is 12.3. The third-order valence-corrected chi connectivity index (χ3v) is 7.16. The Hall–Kier alpha value is -1.42. The number of rotatable bonds is 16. The summed E-state index contributed by atoms with van der Waals surface area (Å²) in [7, 11) is 0. The number of Topliss-reactive ketones (excluding diaryl/α,β-unsaturated/α-hetero) is 1. The van der Waals surface area contributed by atoms with Gasteiger partial charge in [0.1, 0.15) is 5.78 Å². The summed E-state index contributed by atoms with van der Waals surface area (Å²) in [4.78, 5) is 24.3. The number of aliphatic hydroxyl groups excluding tert-OH is 1. The highest BCUT2D eigenvalue weighted by atomic mass is 16.3. The van der Waals surface area contributed by atoms with Crippen molar-refractivity contribution in [2.45, 2.75) is 122 Å². The first-order valence-corrected chi connectivity index (χ1v) is 13.4. The number of aliphatic hydroxyl groups is 1. The van der Waals surface area contributed by atoms with Gasteiger partial charge >= 0.3 is 0 Å². The van der Waals surface area contributed by atoms with Gasteiger partial charge in [-0.25, -0.2) is 0 Å². The smallest absolute Gasteiger partial charge is 0.220 e. The molecule has 4 nitrogen and oxygen atoms in total. The fraction of sp³-hybridized carbons (Fsp3) is 0.786. The third-order valence-electron chi connectivity index (χ3n) is 7.16. The number of hydrogen-bond donors (Lipinski definition) is 2. The van der Waals surface area contributed by atoms with Crippen LogP contribution in [-0.2, 0) is 9.59 Å². The lowest BCUT2D eigenvalue weighted by Crippen LogP contribution is -2.24. The van der Waals surface area contributed by atoms with Crippen LogP contribution in [-0.4, -0.2) is 29.4 Å². The number of carbonyl (C=O) groups excluding carboxylic acids is 2. The van der Waals surface area contributed by atoms with Gasteiger partial charge < -0.3 is 10.4 Å². The molecule has 0 heterocycles. The number of amides is 1. The van der Waals surface area contributed by atoms with Gasteiger partial charge in [-0.05, 0) is 63.7 Å². The zero-order valence-corrected chi connectivity index (χ0v) is 20.5. The molecule has 0 spiro atoms. The predicted octanol–water partition coefficient (Wildman–Crippen LogP) is 6.43. The van der Waals surface area contributed by atoms with E-state index in [-0.39, 0.29) is 17.9 Å². The highest BCUT2D eigenvalue weighted by Crippen LogP contribution is 2.34. The van der Waals surface area contributed by atoms with Crippen molar-refractivity contribution in [2.75, 3.05) is 6.54 Å². The fourth-order valence-electron chi connectivity index (χ4n) is 5.10. The molecule has 2 aliphatic rings. The van der Waals surface area contributed by atoms with Gasteiger partial charge in [-0.2, -0.15) is 0 Å². The Morgan fingerprint density at radius 2 is 2.00 bits per heavy atom. The summed E-state index contributed by atoms with van der Waals surface area (Å²) >= 11 is 0. The van der Waals surface area contributed by atoms with E-state index in [4.69, 9.17) is 0 Å². The molecule has 1 fully saturated rings. The summed E-state index contributed by atoms with van der Waals surface area (Å²) in [6, 6.07) is 0. The van der Waals surface area contributed by atoms with Crippen molar-refractivity contribution in [3.63, 3.8) is 0 Å². The van der Waals surface area contributed by atoms with Crippen molar-refractivity contribution in [3.8, 4) is 0 Å². The lowest BCUT2D eigenvalue weighted by Gasteiger charge is -2.15. The Labute approximate surface area is 196 Å². The van der Waals surface area contributed by atoms with E-state index in [0.29, 0.717) is 24.5 Å². The standard InChI is InChI=1S/C28H47NO3/c1-2-3-7-14-25(30)19-17-24-18-20-27(31)26(24)15-10-4-5-11-16-28(32)29-22-21-23-12-8-6-9-13-23/h12,17,19,24-26,30H,2-11,13-16,18,20-22H2,1H3,(H,29,32). The molecule has 2 aliphatic carbocycles. The first-order chi connectivity index (χ1) is 15.6. The molecule has 1 amide bonds. The average Bonchev–Trinajstić information content (AvgIpc) is 3.15. The van der Waals surface area contributed by atoms with Crippen molar-refractivity contribution < 1.29 is 14.7 Å². The first-order valence-electron chi connectivity index (χ1n) is 13.4. The Bertz CT molecular complexity index is 610. The monoisotopic (exact) mass is 445 g/mol. The largest absolute Gasteiger partial charge is 0.389 e. The normalized spacial score (nSPS) is 22.3. The van der Waals surface area contributed by atoms with E-state index < -0.39 is 0 Å². The Kier molecular flexibility index (Phi) is 13.6. The minimum atomic E-state index is -0.372. The topological polar surface area (TPSA) is 66.4 Å². The van der Waals surface area contributed by atoms with Crippen LogP contribution in [0, 0.1) is 11.8 Å². The van der Waals surface area contributed by atoms with Gasteiger partial charge in [0, 0.05) is 25.3 Å². The van der Waals surface area contributed by atoms with Gasteiger partial charge in [0.25, 0.3) is 0 Å². The molecule has 0 aliphatic heterocycles. The van der Waals surface area contributed by atoms with Crippen molar-refractivity contribution in [2.24, 2.45) is 11.8 Å². The molecule has 0 aromatic carbocycles. The van der Waals surface area contributed by atoms with Crippen molar-refractivity contribution in [3.05, 3.63) is 23.8 Å². The summed E-state index contributed by atoms with van der Waals surface area (Å²) in [5, 5.41) is 13.2. The molecular formula is C28H47NO3. The Morgan fingerprint density at radius 1 is 1.16 bits per heavy atom. The number of carbonyl (C=O) groups is 2. The third kappa shape index (κ3) is 10.9. The molecule has 0 aromatic heterocycles. The van der Waals surface area contributed by atoms with Gasteiger partial charge in [0.05, 0.1) is 6.10 Å². The molecule has 0 aromatic rings. The minimum absolute atomic E-state index is 0.131. The summed E-state index contributed by atoms with van der Waals surface area (Å²) in [6.45, 7) is 2.94. The zero-order chi connectivity index (χ0) is 23.0. The number of ketones is 1. The molecule has 2 rings (SSSR count). The van der Waals surface area contributed by atoms with Crippen molar-refractivity contribution in [1.29, 1.82) is 0 Å². The van der Waals surface area contributed by atoms with Crippen molar-refractivity contribution >= 4 is 11.7 Å². The van der Waals surface area contributed by atoms with Gasteiger partial charge in [-0.15, -0.1) is 0 Å². The average molecular weight is 446 g/mol. The molecule has 0 saturated heterocycles. The van der Waals surface area contributed by atoms with Crippen LogP contribution in [0.1, 0.15) is 116 Å². The summed E-state index contributed by atoms with van der Waals surface area (Å²) in [5.41, 5.74) is 1.51. The predicted molar refractivity (Wildman–Crippen MR) is 132 cm³/mol. The van der Waals surface area contributed by atoms with Crippen LogP contribution in [0.2, 0.25) is 0 Å². The van der Waals surface area contributed by atoms with E-state index >= 15 is 0 Å². The van der Waals surface area contributed by atoms with Gasteiger partial charge in [0.15, 0.2) is 0 Å². The van der Waals surface area contributed by atoms with Gasteiger partial charge in [-0.1, -0.05) is 69.2 Å². The van der Waals surface area contributed by atoms with E-state index in [9.17, 15) is 14.7 Å². The van der Waals surface area contributed by atoms with Gasteiger partial charge in [0.2, 0.25) is 5.91 Å². The van der Waals surface area contributed by atoms with E-state index in [1.54, 1.807) is 0 Å². The second kappa shape index (κ2) is 16.2. The highest BCUT2D eigenvalue weighted by Gasteiger charge is 2.32. The highest BCUT2D eigenvalue weighted by molar-refractivity contribution is 5.83. The molecule has 1 saturated carbocycles. The van der Waals surface area contributed by atoms with Crippen LogP contribution in [0.25, 0.3) is 0 Å². The number of hydrogen-bond acceptors (Lipinski definition) is 3. The molecule has 4 heteroatoms. The maximum absolute atomic E-state index is 12.3. The molecule has 32 heavy (non-hydrogen) atoms. The summed E-state index contributed by atoms with van der Waals surface area (Å²) in [5.74, 6) is 1.00. The number of nitrogens with one attached hydrogen (secondary N) is 1. The quantitative estimate of drug-likeness (QED) is 0.213. The summed E-state index contributed by atoms with van der Waals surface area (Å²) in [6.07, 6.45) is 23.5. The SMILES string of the molecule is CCCCCC(O)C=CC1CCC(=O)C1CCCCCCC(=O)NCCC1=CCCCC1. The van der Waals surface area contributed by atoms with Crippen LogP contribution in [0.15, 0.2) is 23.8 Å². The van der Waals surface area contributed by atoms with Crippen LogP contribution >= 0.6 is 0 Å². The molecule has 0 bridgehead atoms. The number of allylic oxidation sites excluding steroid dienone is 2. The van der Waals surface area contributed by atoms with Crippen LogP contribution in [0.5, 0.6) is 0 Å². The van der Waals surface area contributed by atoms with Crippen LogP contribution < -0.4 is 5.32 Å². The molecule has 0 radical (unpaired) electrons. The summed E-state index contributed by atoms with van der Waals surface area (Å²) < 4.78 is 0. The number of unbranched alkanes of at least 4 members (excludes halogenated alkanes) is 5. The maximum Gasteiger partial charge on any atom is 0.220 e. The Balaban J connectivity index is 1.53. The first kappa shape index (κ1) is 26.8. The molecular weight excluding hydrogens is 398 g/mol. The fourth-order valence-corrected chi connectivity index (χ4v) is 5.10. The second-order valence-corrected chi connectivity index (χ2v) is 9.88. The minimum Gasteiger partial charge on any atom is -0.389 e. The lowest BCUT2D eigenvalue weighted by molar-refractivity contribution is -0.121. The van der Waals surface area contributed by atoms with E-state index in [2.05, 4.69) is 24.4 Å². The van der Waals surface area contributed by atoms with Crippen LogP contribution in [0.3, 0.4) is 0 Å². The molecule has 3 atom stereocenters. The van der Waals surface area contributed by atoms with E-state index in [1.165, 1.54) is 37.7 Å². The van der Waals surface area contributed by atoms with Crippen molar-refractivity contribution in [1.82, 2.24) is 5.32 Å². The second-order valence-electron chi connectivity index (χ2n) is 9.88. The molecule has 182 valence electrons. The Morgan fingerprint density at radius 3 is 2.78 bits per heavy atom. The molecule has 3 unspecified atom stereocenters. The lowest BCUT2D eigenvalue weighted by atomic mass is 9.89.